The molecule has 94 valence electrons. The Kier molecular flexibility index (Phi) is 4.39. The Hall–Kier alpha value is -1.32. The first-order valence-electron chi connectivity index (χ1n) is 5.94. The van der Waals surface area contributed by atoms with E-state index in [9.17, 15) is 0 Å². The lowest BCUT2D eigenvalue weighted by Crippen LogP contribution is -2.11. The smallest absolute Gasteiger partial charge is 0.119 e. The zero-order chi connectivity index (χ0) is 13.0. The number of nitrogens with two attached hydrogens (primary N) is 1. The van der Waals surface area contributed by atoms with Gasteiger partial charge in [-0.25, -0.2) is 0 Å². The monoisotopic (exact) mass is 305 g/mol. The normalized spacial score (nSPS) is 12.2. The van der Waals surface area contributed by atoms with Gasteiger partial charge in [0.2, 0.25) is 0 Å². The molecule has 1 atom stereocenters. The quantitative estimate of drug-likeness (QED) is 0.930. The summed E-state index contributed by atoms with van der Waals surface area (Å²) in [7, 11) is 0. The molecule has 0 spiro atoms. The van der Waals surface area contributed by atoms with Crippen LogP contribution in [0.25, 0.3) is 0 Å². The number of rotatable bonds is 4. The number of ether oxygens (including phenoxy) is 1. The molecule has 18 heavy (non-hydrogen) atoms. The van der Waals surface area contributed by atoms with Crippen molar-refractivity contribution in [2.75, 3.05) is 6.61 Å². The molecule has 0 fully saturated rings. The molecule has 0 radical (unpaired) electrons. The van der Waals surface area contributed by atoms with E-state index < -0.39 is 0 Å². The summed E-state index contributed by atoms with van der Waals surface area (Å²) in [5, 5.41) is 0. The molecule has 0 amide bonds. The van der Waals surface area contributed by atoms with E-state index >= 15 is 0 Å². The van der Waals surface area contributed by atoms with Crippen molar-refractivity contribution in [1.29, 1.82) is 0 Å². The molecule has 0 aliphatic rings. The maximum Gasteiger partial charge on any atom is 0.119 e. The van der Waals surface area contributed by atoms with Crippen LogP contribution in [0.2, 0.25) is 0 Å². The van der Waals surface area contributed by atoms with Gasteiger partial charge in [-0.2, -0.15) is 0 Å². The SMILES string of the molecule is CCOc1ccc(C(N)c2ccc(Br)cc2)cc1. The zero-order valence-electron chi connectivity index (χ0n) is 10.3. The van der Waals surface area contributed by atoms with E-state index in [0.717, 1.165) is 21.3 Å². The van der Waals surface area contributed by atoms with Gasteiger partial charge < -0.3 is 10.5 Å². The fraction of sp³-hybridized carbons (Fsp3) is 0.200. The zero-order valence-corrected chi connectivity index (χ0v) is 11.9. The predicted octanol–water partition coefficient (Wildman–Crippen LogP) is 3.90. The van der Waals surface area contributed by atoms with E-state index in [2.05, 4.69) is 15.9 Å². The summed E-state index contributed by atoms with van der Waals surface area (Å²) in [4.78, 5) is 0. The number of hydrogen-bond acceptors (Lipinski definition) is 2. The lowest BCUT2D eigenvalue weighted by molar-refractivity contribution is 0.340. The molecule has 2 N–H and O–H groups in total. The van der Waals surface area contributed by atoms with Gasteiger partial charge in [0.15, 0.2) is 0 Å². The molecular weight excluding hydrogens is 290 g/mol. The Balaban J connectivity index is 2.17. The van der Waals surface area contributed by atoms with Crippen molar-refractivity contribution in [2.24, 2.45) is 5.73 Å². The summed E-state index contributed by atoms with van der Waals surface area (Å²) in [6.07, 6.45) is 0. The second kappa shape index (κ2) is 6.03. The van der Waals surface area contributed by atoms with E-state index in [1.54, 1.807) is 0 Å². The average Bonchev–Trinajstić information content (AvgIpc) is 2.40. The largest absolute Gasteiger partial charge is 0.494 e. The van der Waals surface area contributed by atoms with Crippen molar-refractivity contribution in [2.45, 2.75) is 13.0 Å². The Morgan fingerprint density at radius 2 is 1.50 bits per heavy atom. The molecule has 0 aromatic heterocycles. The van der Waals surface area contributed by atoms with Crippen LogP contribution in [0.1, 0.15) is 24.1 Å². The van der Waals surface area contributed by atoms with Gasteiger partial charge in [-0.05, 0) is 42.3 Å². The Morgan fingerprint density at radius 3 is 2.00 bits per heavy atom. The first-order valence-corrected chi connectivity index (χ1v) is 6.74. The van der Waals surface area contributed by atoms with Crippen LogP contribution in [-0.2, 0) is 0 Å². The van der Waals surface area contributed by atoms with Crippen LogP contribution in [0.15, 0.2) is 53.0 Å². The molecule has 0 aliphatic carbocycles. The van der Waals surface area contributed by atoms with Crippen LogP contribution in [-0.4, -0.2) is 6.61 Å². The minimum Gasteiger partial charge on any atom is -0.494 e. The topological polar surface area (TPSA) is 35.2 Å². The first kappa shape index (κ1) is 13.1. The van der Waals surface area contributed by atoms with Crippen LogP contribution in [0.3, 0.4) is 0 Å². The molecule has 0 bridgehead atoms. The van der Waals surface area contributed by atoms with Crippen molar-refractivity contribution in [3.63, 3.8) is 0 Å². The summed E-state index contributed by atoms with van der Waals surface area (Å²) in [5.41, 5.74) is 8.42. The molecule has 2 aromatic carbocycles. The Bertz CT molecular complexity index is 493. The maximum absolute atomic E-state index is 6.23. The maximum atomic E-state index is 6.23. The average molecular weight is 306 g/mol. The fourth-order valence-electron chi connectivity index (χ4n) is 1.80. The van der Waals surface area contributed by atoms with Crippen LogP contribution in [0.5, 0.6) is 5.75 Å². The van der Waals surface area contributed by atoms with Gasteiger partial charge in [0, 0.05) is 4.47 Å². The highest BCUT2D eigenvalue weighted by molar-refractivity contribution is 9.10. The van der Waals surface area contributed by atoms with E-state index in [1.807, 2.05) is 55.5 Å². The van der Waals surface area contributed by atoms with Gasteiger partial charge >= 0.3 is 0 Å². The van der Waals surface area contributed by atoms with Gasteiger partial charge in [-0.3, -0.25) is 0 Å². The lowest BCUT2D eigenvalue weighted by Gasteiger charge is -2.13. The lowest BCUT2D eigenvalue weighted by atomic mass is 10.00. The van der Waals surface area contributed by atoms with Crippen LogP contribution >= 0.6 is 15.9 Å². The van der Waals surface area contributed by atoms with Crippen molar-refractivity contribution >= 4 is 15.9 Å². The van der Waals surface area contributed by atoms with Crippen molar-refractivity contribution < 1.29 is 4.74 Å². The predicted molar refractivity (Wildman–Crippen MR) is 77.8 cm³/mol. The third-order valence-corrected chi connectivity index (χ3v) is 3.31. The van der Waals surface area contributed by atoms with Gasteiger partial charge in [-0.1, -0.05) is 40.2 Å². The summed E-state index contributed by atoms with van der Waals surface area (Å²) < 4.78 is 6.48. The highest BCUT2D eigenvalue weighted by Crippen LogP contribution is 2.23. The standard InChI is InChI=1S/C15H16BrNO/c1-2-18-14-9-5-12(6-10-14)15(17)11-3-7-13(16)8-4-11/h3-10,15H,2,17H2,1H3. The molecule has 0 heterocycles. The molecule has 3 heteroatoms. The highest BCUT2D eigenvalue weighted by atomic mass is 79.9. The third kappa shape index (κ3) is 3.12. The number of hydrogen-bond donors (Lipinski definition) is 1. The summed E-state index contributed by atoms with van der Waals surface area (Å²) in [5.74, 6) is 0.879. The first-order chi connectivity index (χ1) is 8.70. The molecule has 0 saturated carbocycles. The second-order valence-electron chi connectivity index (χ2n) is 4.03. The number of halogens is 1. The Labute approximate surface area is 116 Å². The molecular formula is C15H16BrNO. The summed E-state index contributed by atoms with van der Waals surface area (Å²) in [6.45, 7) is 2.65. The third-order valence-electron chi connectivity index (χ3n) is 2.78. The summed E-state index contributed by atoms with van der Waals surface area (Å²) in [6, 6.07) is 15.9. The molecule has 1 unspecified atom stereocenters. The van der Waals surface area contributed by atoms with Crippen molar-refractivity contribution in [1.82, 2.24) is 0 Å². The van der Waals surface area contributed by atoms with E-state index in [4.69, 9.17) is 10.5 Å². The van der Waals surface area contributed by atoms with E-state index in [0.29, 0.717) is 6.61 Å². The molecule has 0 aliphatic heterocycles. The van der Waals surface area contributed by atoms with Gasteiger partial charge in [-0.15, -0.1) is 0 Å². The van der Waals surface area contributed by atoms with Crippen molar-refractivity contribution in [3.05, 3.63) is 64.1 Å². The molecule has 2 nitrogen and oxygen atoms in total. The molecule has 2 aromatic rings. The number of benzene rings is 2. The molecule has 2 rings (SSSR count). The van der Waals surface area contributed by atoms with E-state index in [1.165, 1.54) is 0 Å². The van der Waals surface area contributed by atoms with Crippen molar-refractivity contribution in [3.8, 4) is 5.75 Å². The van der Waals surface area contributed by atoms with Crippen LogP contribution < -0.4 is 10.5 Å². The van der Waals surface area contributed by atoms with Gasteiger partial charge in [0.1, 0.15) is 5.75 Å². The second-order valence-corrected chi connectivity index (χ2v) is 4.95. The van der Waals surface area contributed by atoms with Gasteiger partial charge in [0.05, 0.1) is 12.6 Å². The summed E-state index contributed by atoms with van der Waals surface area (Å²) >= 11 is 3.42. The highest BCUT2D eigenvalue weighted by Gasteiger charge is 2.08. The Morgan fingerprint density at radius 1 is 1.00 bits per heavy atom. The minimum atomic E-state index is -0.103. The fourth-order valence-corrected chi connectivity index (χ4v) is 2.06. The van der Waals surface area contributed by atoms with Gasteiger partial charge in [0.25, 0.3) is 0 Å². The molecule has 0 saturated heterocycles. The van der Waals surface area contributed by atoms with E-state index in [-0.39, 0.29) is 6.04 Å². The van der Waals surface area contributed by atoms with Crippen LogP contribution in [0.4, 0.5) is 0 Å². The minimum absolute atomic E-state index is 0.103. The van der Waals surface area contributed by atoms with Crippen LogP contribution in [0, 0.1) is 0 Å².